The molecule has 1 nitrogen and oxygen atoms in total. The van der Waals surface area contributed by atoms with E-state index in [1.165, 1.54) is 93.0 Å². The van der Waals surface area contributed by atoms with Gasteiger partial charge in [0.25, 0.3) is 0 Å². The Balaban J connectivity index is 1.61. The minimum absolute atomic E-state index is 0.964. The van der Waals surface area contributed by atoms with Gasteiger partial charge >= 0.3 is 0 Å². The SMILES string of the molecule is CCCCCCCCCCCCc1ccc(C[n+]2cccc(C)c2C)cc1. The fourth-order valence-corrected chi connectivity index (χ4v) is 3.75. The van der Waals surface area contributed by atoms with E-state index < -0.39 is 0 Å². The predicted octanol–water partition coefficient (Wildman–Crippen LogP) is 7.10. The quantitative estimate of drug-likeness (QED) is 0.263. The zero-order chi connectivity index (χ0) is 19.3. The molecule has 148 valence electrons. The zero-order valence-corrected chi connectivity index (χ0v) is 18.0. The van der Waals surface area contributed by atoms with Crippen LogP contribution < -0.4 is 4.57 Å². The van der Waals surface area contributed by atoms with E-state index in [0.717, 1.165) is 6.54 Å². The average molecular weight is 367 g/mol. The summed E-state index contributed by atoms with van der Waals surface area (Å²) in [5, 5.41) is 0. The monoisotopic (exact) mass is 366 g/mol. The highest BCUT2D eigenvalue weighted by atomic mass is 14.9. The third-order valence-corrected chi connectivity index (χ3v) is 5.81. The summed E-state index contributed by atoms with van der Waals surface area (Å²) in [7, 11) is 0. The van der Waals surface area contributed by atoms with E-state index in [9.17, 15) is 0 Å². The number of hydrogen-bond donors (Lipinski definition) is 0. The Morgan fingerprint density at radius 3 is 1.85 bits per heavy atom. The second kappa shape index (κ2) is 12.7. The molecule has 0 radical (unpaired) electrons. The van der Waals surface area contributed by atoms with Crippen LogP contribution in [0.1, 0.15) is 93.5 Å². The highest BCUT2D eigenvalue weighted by Crippen LogP contribution is 2.13. The van der Waals surface area contributed by atoms with E-state index in [4.69, 9.17) is 0 Å². The molecule has 0 aliphatic carbocycles. The molecule has 2 rings (SSSR count). The third kappa shape index (κ3) is 8.28. The maximum Gasteiger partial charge on any atom is 0.181 e. The Morgan fingerprint density at radius 1 is 0.667 bits per heavy atom. The van der Waals surface area contributed by atoms with Gasteiger partial charge in [-0.15, -0.1) is 0 Å². The van der Waals surface area contributed by atoms with Crippen LogP contribution in [0.15, 0.2) is 42.6 Å². The summed E-state index contributed by atoms with van der Waals surface area (Å²) >= 11 is 0. The molecule has 0 fully saturated rings. The molecule has 0 saturated carbocycles. The van der Waals surface area contributed by atoms with Crippen molar-refractivity contribution in [3.8, 4) is 0 Å². The highest BCUT2D eigenvalue weighted by molar-refractivity contribution is 5.22. The van der Waals surface area contributed by atoms with Crippen LogP contribution in [-0.4, -0.2) is 0 Å². The summed E-state index contributed by atoms with van der Waals surface area (Å²) in [5.74, 6) is 0. The summed E-state index contributed by atoms with van der Waals surface area (Å²) in [6.45, 7) is 7.64. The number of benzene rings is 1. The van der Waals surface area contributed by atoms with Crippen LogP contribution in [0.5, 0.6) is 0 Å². The van der Waals surface area contributed by atoms with E-state index in [1.807, 2.05) is 0 Å². The molecule has 0 bridgehead atoms. The lowest BCUT2D eigenvalue weighted by atomic mass is 10.0. The number of hydrogen-bond acceptors (Lipinski definition) is 0. The summed E-state index contributed by atoms with van der Waals surface area (Å²) in [4.78, 5) is 0. The van der Waals surface area contributed by atoms with Crippen LogP contribution in [0.2, 0.25) is 0 Å². The van der Waals surface area contributed by atoms with Crippen LogP contribution in [0, 0.1) is 13.8 Å². The van der Waals surface area contributed by atoms with Crippen molar-refractivity contribution < 1.29 is 4.57 Å². The summed E-state index contributed by atoms with van der Waals surface area (Å²) < 4.78 is 2.34. The van der Waals surface area contributed by atoms with E-state index in [1.54, 1.807) is 0 Å². The lowest BCUT2D eigenvalue weighted by Gasteiger charge is -2.05. The molecule has 0 spiro atoms. The van der Waals surface area contributed by atoms with E-state index in [2.05, 4.69) is 67.9 Å². The Hall–Kier alpha value is -1.63. The van der Waals surface area contributed by atoms with Gasteiger partial charge in [0.1, 0.15) is 0 Å². The normalized spacial score (nSPS) is 11.1. The zero-order valence-electron chi connectivity index (χ0n) is 18.0. The van der Waals surface area contributed by atoms with Crippen molar-refractivity contribution in [1.82, 2.24) is 0 Å². The Labute approximate surface area is 167 Å². The lowest BCUT2D eigenvalue weighted by molar-refractivity contribution is -0.694. The molecule has 0 unspecified atom stereocenters. The molecule has 1 aromatic heterocycles. The first-order chi connectivity index (χ1) is 13.2. The van der Waals surface area contributed by atoms with Crippen LogP contribution in [0.25, 0.3) is 0 Å². The first-order valence-electron chi connectivity index (χ1n) is 11.2. The summed E-state index contributed by atoms with van der Waals surface area (Å²) in [5.41, 5.74) is 5.59. The van der Waals surface area contributed by atoms with Gasteiger partial charge in [-0.05, 0) is 31.4 Å². The standard InChI is InChI=1S/C26H40N/c1-4-5-6-7-8-9-10-11-12-13-16-25-17-19-26(20-18-25)22-27-21-14-15-23(2)24(27)3/h14-15,17-21H,4-13,16,22H2,1-3H3/q+1. The van der Waals surface area contributed by atoms with Gasteiger partial charge in [0.05, 0.1) is 0 Å². The second-order valence-electron chi connectivity index (χ2n) is 8.15. The minimum Gasteiger partial charge on any atom is -0.198 e. The summed E-state index contributed by atoms with van der Waals surface area (Å²) in [6.07, 6.45) is 17.5. The summed E-state index contributed by atoms with van der Waals surface area (Å²) in [6, 6.07) is 13.6. The Kier molecular flexibility index (Phi) is 10.2. The topological polar surface area (TPSA) is 3.88 Å². The number of pyridine rings is 1. The molecule has 0 saturated heterocycles. The predicted molar refractivity (Wildman–Crippen MR) is 117 cm³/mol. The minimum atomic E-state index is 0.964. The molecule has 2 aromatic rings. The molecular formula is C26H40N+. The van der Waals surface area contributed by atoms with Crippen LogP contribution in [0.4, 0.5) is 0 Å². The van der Waals surface area contributed by atoms with Gasteiger partial charge in [0.2, 0.25) is 0 Å². The number of nitrogens with zero attached hydrogens (tertiary/aromatic N) is 1. The van der Waals surface area contributed by atoms with Crippen molar-refractivity contribution >= 4 is 0 Å². The van der Waals surface area contributed by atoms with Gasteiger partial charge < -0.3 is 0 Å². The molecule has 27 heavy (non-hydrogen) atoms. The highest BCUT2D eigenvalue weighted by Gasteiger charge is 2.09. The van der Waals surface area contributed by atoms with Crippen molar-refractivity contribution in [3.63, 3.8) is 0 Å². The maximum atomic E-state index is 2.34. The van der Waals surface area contributed by atoms with Crippen molar-refractivity contribution in [3.05, 3.63) is 65.0 Å². The van der Waals surface area contributed by atoms with Gasteiger partial charge in [-0.3, -0.25) is 0 Å². The largest absolute Gasteiger partial charge is 0.198 e. The van der Waals surface area contributed by atoms with Crippen molar-refractivity contribution in [2.45, 2.75) is 97.9 Å². The fourth-order valence-electron chi connectivity index (χ4n) is 3.75. The first-order valence-corrected chi connectivity index (χ1v) is 11.2. The molecular weight excluding hydrogens is 326 g/mol. The van der Waals surface area contributed by atoms with Gasteiger partial charge in [0, 0.05) is 24.1 Å². The van der Waals surface area contributed by atoms with Gasteiger partial charge in [-0.1, -0.05) is 89.0 Å². The first kappa shape index (κ1) is 21.7. The van der Waals surface area contributed by atoms with Crippen molar-refractivity contribution in [2.75, 3.05) is 0 Å². The van der Waals surface area contributed by atoms with E-state index >= 15 is 0 Å². The molecule has 0 amide bonds. The Bertz CT molecular complexity index is 642. The number of aromatic nitrogens is 1. The van der Waals surface area contributed by atoms with Gasteiger partial charge in [-0.2, -0.15) is 4.57 Å². The molecule has 1 heterocycles. The molecule has 0 N–H and O–H groups in total. The van der Waals surface area contributed by atoms with Gasteiger partial charge in [-0.25, -0.2) is 0 Å². The molecule has 0 atom stereocenters. The van der Waals surface area contributed by atoms with Crippen LogP contribution >= 0.6 is 0 Å². The average Bonchev–Trinajstić information content (AvgIpc) is 2.68. The van der Waals surface area contributed by atoms with E-state index in [-0.39, 0.29) is 0 Å². The van der Waals surface area contributed by atoms with Gasteiger partial charge in [0.15, 0.2) is 18.4 Å². The molecule has 0 aliphatic heterocycles. The number of unbranched alkanes of at least 4 members (excludes halogenated alkanes) is 9. The third-order valence-electron chi connectivity index (χ3n) is 5.81. The Morgan fingerprint density at radius 2 is 1.22 bits per heavy atom. The van der Waals surface area contributed by atoms with Crippen LogP contribution in [0.3, 0.4) is 0 Å². The number of aryl methyl sites for hydroxylation is 2. The van der Waals surface area contributed by atoms with Crippen molar-refractivity contribution in [1.29, 1.82) is 0 Å². The lowest BCUT2D eigenvalue weighted by Crippen LogP contribution is -2.37. The maximum absolute atomic E-state index is 2.34. The molecule has 1 aromatic carbocycles. The molecule has 0 aliphatic rings. The molecule has 1 heteroatoms. The smallest absolute Gasteiger partial charge is 0.181 e. The second-order valence-corrected chi connectivity index (χ2v) is 8.15. The fraction of sp³-hybridized carbons (Fsp3) is 0.577. The van der Waals surface area contributed by atoms with E-state index in [0.29, 0.717) is 0 Å². The van der Waals surface area contributed by atoms with Crippen molar-refractivity contribution in [2.24, 2.45) is 0 Å². The van der Waals surface area contributed by atoms with Crippen LogP contribution in [-0.2, 0) is 13.0 Å². The number of rotatable bonds is 13.